The predicted octanol–water partition coefficient (Wildman–Crippen LogP) is 2.52. The monoisotopic (exact) mass is 449 g/mol. The average molecular weight is 450 g/mol. The van der Waals surface area contributed by atoms with E-state index in [2.05, 4.69) is 5.32 Å². The third kappa shape index (κ3) is 4.57. The standard InChI is InChI=1S/C22H31N3O5S/c1-15-13-18-19(30-16(2)22(27)23-18)14-20(15)31(28,29)25-11-9-24(10-12-25)21(26)8-7-17-5-3-4-6-17/h13-14,16-17H,3-12H2,1-2H3,(H,23,27)/t16-/m1/s1. The summed E-state index contributed by atoms with van der Waals surface area (Å²) in [5.74, 6) is 0.910. The van der Waals surface area contributed by atoms with Gasteiger partial charge in [-0.15, -0.1) is 0 Å². The SMILES string of the molecule is Cc1cc2c(cc1S(=O)(=O)N1CCN(C(=O)CCC3CCCC3)CC1)O[C@H](C)C(=O)N2. The van der Waals surface area contributed by atoms with Gasteiger partial charge < -0.3 is 15.0 Å². The summed E-state index contributed by atoms with van der Waals surface area (Å²) in [6, 6.07) is 3.13. The molecular weight excluding hydrogens is 418 g/mol. The van der Waals surface area contributed by atoms with Crippen LogP contribution in [-0.4, -0.2) is 61.7 Å². The molecular formula is C22H31N3O5S. The van der Waals surface area contributed by atoms with Gasteiger partial charge in [0.05, 0.1) is 10.6 Å². The average Bonchev–Trinajstić information content (AvgIpc) is 3.26. The number of nitrogens with zero attached hydrogens (tertiary/aromatic N) is 2. The van der Waals surface area contributed by atoms with Crippen molar-refractivity contribution >= 4 is 27.5 Å². The summed E-state index contributed by atoms with van der Waals surface area (Å²) in [6.45, 7) is 4.71. The van der Waals surface area contributed by atoms with Crippen LogP contribution in [0.15, 0.2) is 17.0 Å². The molecule has 2 heterocycles. The van der Waals surface area contributed by atoms with Crippen LogP contribution in [-0.2, 0) is 19.6 Å². The molecule has 1 atom stereocenters. The normalized spacial score (nSPS) is 22.7. The van der Waals surface area contributed by atoms with Crippen molar-refractivity contribution in [2.75, 3.05) is 31.5 Å². The minimum Gasteiger partial charge on any atom is -0.479 e. The lowest BCUT2D eigenvalue weighted by Gasteiger charge is -2.34. The van der Waals surface area contributed by atoms with Crippen molar-refractivity contribution in [3.05, 3.63) is 17.7 Å². The van der Waals surface area contributed by atoms with Gasteiger partial charge in [-0.25, -0.2) is 8.42 Å². The topological polar surface area (TPSA) is 96.0 Å². The fourth-order valence-electron chi connectivity index (χ4n) is 4.72. The summed E-state index contributed by atoms with van der Waals surface area (Å²) < 4.78 is 33.6. The third-order valence-corrected chi connectivity index (χ3v) is 8.70. The highest BCUT2D eigenvalue weighted by Gasteiger charge is 2.33. The van der Waals surface area contributed by atoms with Crippen LogP contribution in [0.25, 0.3) is 0 Å². The second-order valence-electron chi connectivity index (χ2n) is 8.84. The maximum Gasteiger partial charge on any atom is 0.265 e. The van der Waals surface area contributed by atoms with Crippen molar-refractivity contribution in [3.8, 4) is 5.75 Å². The molecule has 31 heavy (non-hydrogen) atoms. The van der Waals surface area contributed by atoms with Gasteiger partial charge in [-0.2, -0.15) is 4.31 Å². The number of fused-ring (bicyclic) bond motifs is 1. The molecule has 4 rings (SSSR count). The van der Waals surface area contributed by atoms with Crippen molar-refractivity contribution in [1.29, 1.82) is 0 Å². The van der Waals surface area contributed by atoms with Gasteiger partial charge in [0, 0.05) is 38.7 Å². The lowest BCUT2D eigenvalue weighted by molar-refractivity contribution is -0.132. The first kappa shape index (κ1) is 22.1. The number of sulfonamides is 1. The van der Waals surface area contributed by atoms with Crippen molar-refractivity contribution in [2.24, 2.45) is 5.92 Å². The van der Waals surface area contributed by atoms with E-state index in [1.165, 1.54) is 36.1 Å². The molecule has 1 N–H and O–H groups in total. The van der Waals surface area contributed by atoms with E-state index in [1.807, 2.05) is 0 Å². The molecule has 1 aromatic rings. The Bertz CT molecular complexity index is 964. The lowest BCUT2D eigenvalue weighted by atomic mass is 10.0. The van der Waals surface area contributed by atoms with Crippen LogP contribution in [0.3, 0.4) is 0 Å². The molecule has 0 aromatic heterocycles. The highest BCUT2D eigenvalue weighted by Crippen LogP contribution is 2.35. The molecule has 1 saturated carbocycles. The smallest absolute Gasteiger partial charge is 0.265 e. The Morgan fingerprint density at radius 2 is 1.84 bits per heavy atom. The Labute approximate surface area is 184 Å². The Morgan fingerprint density at radius 3 is 2.52 bits per heavy atom. The lowest BCUT2D eigenvalue weighted by Crippen LogP contribution is -2.50. The molecule has 0 unspecified atom stereocenters. The van der Waals surface area contributed by atoms with Crippen LogP contribution in [0.1, 0.15) is 51.0 Å². The van der Waals surface area contributed by atoms with E-state index >= 15 is 0 Å². The molecule has 9 heteroatoms. The van der Waals surface area contributed by atoms with Gasteiger partial charge in [-0.1, -0.05) is 25.7 Å². The van der Waals surface area contributed by atoms with Crippen molar-refractivity contribution in [2.45, 2.75) is 63.4 Å². The largest absolute Gasteiger partial charge is 0.479 e. The number of rotatable bonds is 5. The quantitative estimate of drug-likeness (QED) is 0.745. The fraction of sp³-hybridized carbons (Fsp3) is 0.636. The first-order chi connectivity index (χ1) is 14.8. The molecule has 1 saturated heterocycles. The maximum atomic E-state index is 13.3. The molecule has 1 aromatic carbocycles. The number of aryl methyl sites for hydroxylation is 1. The van der Waals surface area contributed by atoms with Crippen LogP contribution in [0.5, 0.6) is 5.75 Å². The van der Waals surface area contributed by atoms with Gasteiger partial charge in [0.1, 0.15) is 5.75 Å². The first-order valence-electron chi connectivity index (χ1n) is 11.2. The Hall–Kier alpha value is -2.13. The summed E-state index contributed by atoms with van der Waals surface area (Å²) in [6.07, 6.45) is 5.83. The second-order valence-corrected chi connectivity index (χ2v) is 10.7. The highest BCUT2D eigenvalue weighted by molar-refractivity contribution is 7.89. The zero-order valence-electron chi connectivity index (χ0n) is 18.2. The zero-order valence-corrected chi connectivity index (χ0v) is 19.0. The fourth-order valence-corrected chi connectivity index (χ4v) is 6.37. The van der Waals surface area contributed by atoms with Crippen LogP contribution in [0, 0.1) is 12.8 Å². The van der Waals surface area contributed by atoms with Gasteiger partial charge in [-0.05, 0) is 37.8 Å². The minimum absolute atomic E-state index is 0.132. The molecule has 3 aliphatic rings. The maximum absolute atomic E-state index is 13.3. The number of amides is 2. The van der Waals surface area contributed by atoms with Crippen molar-refractivity contribution in [3.63, 3.8) is 0 Å². The van der Waals surface area contributed by atoms with Gasteiger partial charge in [-0.3, -0.25) is 9.59 Å². The van der Waals surface area contributed by atoms with E-state index in [-0.39, 0.29) is 29.8 Å². The molecule has 170 valence electrons. The van der Waals surface area contributed by atoms with Crippen LogP contribution < -0.4 is 10.1 Å². The number of ether oxygens (including phenoxy) is 1. The number of anilines is 1. The predicted molar refractivity (Wildman–Crippen MR) is 116 cm³/mol. The van der Waals surface area contributed by atoms with Gasteiger partial charge >= 0.3 is 0 Å². The molecule has 0 bridgehead atoms. The molecule has 2 amide bonds. The molecule has 0 spiro atoms. The minimum atomic E-state index is -3.73. The van der Waals surface area contributed by atoms with E-state index < -0.39 is 16.1 Å². The number of carbonyl (C=O) groups is 2. The van der Waals surface area contributed by atoms with Crippen LogP contribution in [0.4, 0.5) is 5.69 Å². The summed E-state index contributed by atoms with van der Waals surface area (Å²) in [7, 11) is -3.73. The molecule has 2 fully saturated rings. The van der Waals surface area contributed by atoms with E-state index in [4.69, 9.17) is 4.74 Å². The number of nitrogens with one attached hydrogen (secondary N) is 1. The van der Waals surface area contributed by atoms with Gasteiger partial charge in [0.2, 0.25) is 15.9 Å². The number of benzene rings is 1. The number of hydrogen-bond donors (Lipinski definition) is 1. The molecule has 0 radical (unpaired) electrons. The Balaban J connectivity index is 1.40. The van der Waals surface area contributed by atoms with Crippen molar-refractivity contribution in [1.82, 2.24) is 9.21 Å². The van der Waals surface area contributed by atoms with E-state index in [1.54, 1.807) is 24.8 Å². The second kappa shape index (κ2) is 8.78. The number of piperazine rings is 1. The number of hydrogen-bond acceptors (Lipinski definition) is 5. The summed E-state index contributed by atoms with van der Waals surface area (Å²) in [5, 5.41) is 2.74. The van der Waals surface area contributed by atoms with Crippen LogP contribution in [0.2, 0.25) is 0 Å². The molecule has 2 aliphatic heterocycles. The highest BCUT2D eigenvalue weighted by atomic mass is 32.2. The van der Waals surface area contributed by atoms with Gasteiger partial charge in [0.25, 0.3) is 5.91 Å². The van der Waals surface area contributed by atoms with Gasteiger partial charge in [0.15, 0.2) is 6.10 Å². The van der Waals surface area contributed by atoms with E-state index in [0.29, 0.717) is 42.4 Å². The van der Waals surface area contributed by atoms with E-state index in [0.717, 1.165) is 6.42 Å². The third-order valence-electron chi connectivity index (χ3n) is 6.66. The van der Waals surface area contributed by atoms with Crippen molar-refractivity contribution < 1.29 is 22.7 Å². The molecule has 8 nitrogen and oxygen atoms in total. The van der Waals surface area contributed by atoms with Crippen LogP contribution >= 0.6 is 0 Å². The summed E-state index contributed by atoms with van der Waals surface area (Å²) >= 11 is 0. The summed E-state index contributed by atoms with van der Waals surface area (Å²) in [4.78, 5) is 26.3. The Kier molecular flexibility index (Phi) is 6.25. The molecule has 1 aliphatic carbocycles. The first-order valence-corrected chi connectivity index (χ1v) is 12.6. The number of carbonyl (C=O) groups excluding carboxylic acids is 2. The zero-order chi connectivity index (χ0) is 22.2. The summed E-state index contributed by atoms with van der Waals surface area (Å²) in [5.41, 5.74) is 1.03. The Morgan fingerprint density at radius 1 is 1.16 bits per heavy atom. The van der Waals surface area contributed by atoms with E-state index in [9.17, 15) is 18.0 Å².